The molecule has 3 nitrogen and oxygen atoms in total. The second kappa shape index (κ2) is 4.59. The molecule has 0 saturated heterocycles. The van der Waals surface area contributed by atoms with Gasteiger partial charge in [-0.15, -0.1) is 0 Å². The van der Waals surface area contributed by atoms with Crippen LogP contribution in [-0.4, -0.2) is 37.0 Å². The van der Waals surface area contributed by atoms with Crippen molar-refractivity contribution < 1.29 is 11.2 Å². The molecule has 0 spiro atoms. The Labute approximate surface area is 48.9 Å². The fourth-order valence-corrected chi connectivity index (χ4v) is 1.16. The van der Waals surface area contributed by atoms with Gasteiger partial charge in [0.05, 0.1) is 0 Å². The van der Waals surface area contributed by atoms with Crippen LogP contribution in [0.15, 0.2) is 0 Å². The maximum atomic E-state index is 4.75. The van der Waals surface area contributed by atoms with Crippen LogP contribution >= 0.6 is 0 Å². The molecule has 0 radical (unpaired) electrons. The van der Waals surface area contributed by atoms with Crippen molar-refractivity contribution in [2.75, 3.05) is 21.3 Å². The Bertz CT molecular complexity index is 31.7. The molecule has 0 aromatic heterocycles. The molecule has 4 heteroatoms. The van der Waals surface area contributed by atoms with Gasteiger partial charge < -0.3 is 0 Å². The van der Waals surface area contributed by atoms with E-state index in [0.717, 1.165) is 0 Å². The molecule has 0 bridgehead atoms. The molecule has 0 aliphatic heterocycles. The summed E-state index contributed by atoms with van der Waals surface area (Å²) in [5.74, 6) is 0. The Morgan fingerprint density at radius 2 is 1.14 bits per heavy atom. The van der Waals surface area contributed by atoms with Crippen molar-refractivity contribution in [2.45, 2.75) is 0 Å². The van der Waals surface area contributed by atoms with Gasteiger partial charge in [-0.3, -0.25) is 0 Å². The molecule has 0 aliphatic rings. The van der Waals surface area contributed by atoms with Crippen molar-refractivity contribution in [3.8, 4) is 0 Å². The summed E-state index contributed by atoms with van der Waals surface area (Å²) in [4.78, 5) is 0. The zero-order chi connectivity index (χ0) is 5.70. The van der Waals surface area contributed by atoms with Gasteiger partial charge in [0.2, 0.25) is 0 Å². The summed E-state index contributed by atoms with van der Waals surface area (Å²) >= 11 is -1.73. The van der Waals surface area contributed by atoms with Gasteiger partial charge in [-0.05, 0) is 0 Å². The van der Waals surface area contributed by atoms with E-state index in [0.29, 0.717) is 0 Å². The van der Waals surface area contributed by atoms with E-state index >= 15 is 0 Å². The van der Waals surface area contributed by atoms with Crippen molar-refractivity contribution in [1.82, 2.24) is 0 Å². The van der Waals surface area contributed by atoms with Crippen molar-refractivity contribution in [2.24, 2.45) is 0 Å². The van der Waals surface area contributed by atoms with Crippen LogP contribution in [0.25, 0.3) is 0 Å². The molecule has 0 amide bonds. The summed E-state index contributed by atoms with van der Waals surface area (Å²) < 4.78 is 14.2. The fraction of sp³-hybridized carbons (Fsp3) is 1.00. The third kappa shape index (κ3) is 3.06. The topological polar surface area (TPSA) is 27.7 Å². The zero-order valence-electron chi connectivity index (χ0n) is 4.67. The van der Waals surface area contributed by atoms with Crippen molar-refractivity contribution in [1.29, 1.82) is 0 Å². The van der Waals surface area contributed by atoms with Crippen molar-refractivity contribution >= 4 is 15.7 Å². The van der Waals surface area contributed by atoms with Gasteiger partial charge in [-0.25, -0.2) is 0 Å². The van der Waals surface area contributed by atoms with Gasteiger partial charge in [-0.2, -0.15) is 0 Å². The van der Waals surface area contributed by atoms with E-state index in [9.17, 15) is 0 Å². The fourth-order valence-electron chi connectivity index (χ4n) is 0.224. The van der Waals surface area contributed by atoms with E-state index < -0.39 is 15.7 Å². The summed E-state index contributed by atoms with van der Waals surface area (Å²) in [6.07, 6.45) is 0. The van der Waals surface area contributed by atoms with Gasteiger partial charge in [0.15, 0.2) is 0 Å². The molecule has 0 N–H and O–H groups in total. The second-order valence-corrected chi connectivity index (χ2v) is 4.01. The SMILES string of the molecule is CO[As](OC)OC. The van der Waals surface area contributed by atoms with Crippen molar-refractivity contribution in [3.05, 3.63) is 0 Å². The van der Waals surface area contributed by atoms with Crippen LogP contribution < -0.4 is 0 Å². The average Bonchev–Trinajstić information content (AvgIpc) is 1.72. The Hall–Kier alpha value is 0.438. The molecule has 0 aromatic rings. The van der Waals surface area contributed by atoms with Gasteiger partial charge >= 0.3 is 48.2 Å². The predicted octanol–water partition coefficient (Wildman–Crippen LogP) is -0.0895. The monoisotopic (exact) mass is 168 g/mol. The van der Waals surface area contributed by atoms with Crippen LogP contribution in [0.4, 0.5) is 0 Å². The van der Waals surface area contributed by atoms with E-state index in [2.05, 4.69) is 0 Å². The van der Waals surface area contributed by atoms with Gasteiger partial charge in [-0.1, -0.05) is 0 Å². The number of hydrogen-bond acceptors (Lipinski definition) is 3. The Morgan fingerprint density at radius 1 is 0.857 bits per heavy atom. The Kier molecular flexibility index (Phi) is 4.88. The Morgan fingerprint density at radius 3 is 1.14 bits per heavy atom. The molecule has 0 heterocycles. The third-order valence-electron chi connectivity index (χ3n) is 0.447. The summed E-state index contributed by atoms with van der Waals surface area (Å²) in [5, 5.41) is 0. The molecule has 0 unspecified atom stereocenters. The molecular weight excluding hydrogens is 159 g/mol. The number of rotatable bonds is 3. The minimum atomic E-state index is -1.73. The Balaban J connectivity index is 2.99. The molecule has 0 atom stereocenters. The molecule has 7 heavy (non-hydrogen) atoms. The van der Waals surface area contributed by atoms with Crippen LogP contribution in [0.3, 0.4) is 0 Å². The maximum absolute atomic E-state index is 4.75. The van der Waals surface area contributed by atoms with E-state index in [1.165, 1.54) is 0 Å². The molecule has 0 rings (SSSR count). The van der Waals surface area contributed by atoms with Gasteiger partial charge in [0.1, 0.15) is 0 Å². The molecular formula is C3H9AsO3. The first-order chi connectivity index (χ1) is 3.35. The molecule has 44 valence electrons. The summed E-state index contributed by atoms with van der Waals surface area (Å²) in [6, 6.07) is 0. The standard InChI is InChI=1S/C3H9AsO3/c1-5-4(6-2)7-3/h1-3H3. The molecule has 0 fully saturated rings. The second-order valence-electron chi connectivity index (χ2n) is 0.771. The van der Waals surface area contributed by atoms with Crippen LogP contribution in [0.2, 0.25) is 0 Å². The van der Waals surface area contributed by atoms with Crippen LogP contribution in [-0.2, 0) is 11.2 Å². The van der Waals surface area contributed by atoms with E-state index in [4.69, 9.17) is 11.2 Å². The minimum absolute atomic E-state index is 1.58. The first-order valence-corrected chi connectivity index (χ1v) is 4.07. The normalized spacial score (nSPS) is 10.3. The summed E-state index contributed by atoms with van der Waals surface area (Å²) in [5.41, 5.74) is 0. The van der Waals surface area contributed by atoms with E-state index in [1.54, 1.807) is 21.3 Å². The first kappa shape index (κ1) is 7.44. The van der Waals surface area contributed by atoms with Crippen LogP contribution in [0, 0.1) is 0 Å². The van der Waals surface area contributed by atoms with E-state index in [1.807, 2.05) is 0 Å². The predicted molar refractivity (Wildman–Crippen MR) is 26.8 cm³/mol. The third-order valence-corrected chi connectivity index (χ3v) is 2.32. The van der Waals surface area contributed by atoms with Gasteiger partial charge in [0.25, 0.3) is 0 Å². The van der Waals surface area contributed by atoms with Gasteiger partial charge in [0, 0.05) is 0 Å². The molecule has 0 aromatic carbocycles. The molecule has 0 aliphatic carbocycles. The average molecular weight is 168 g/mol. The summed E-state index contributed by atoms with van der Waals surface area (Å²) in [6.45, 7) is 0. The van der Waals surface area contributed by atoms with Crippen LogP contribution in [0.1, 0.15) is 0 Å². The number of hydrogen-bond donors (Lipinski definition) is 0. The van der Waals surface area contributed by atoms with Crippen molar-refractivity contribution in [3.63, 3.8) is 0 Å². The quantitative estimate of drug-likeness (QED) is 0.551. The first-order valence-electron chi connectivity index (χ1n) is 1.77. The zero-order valence-corrected chi connectivity index (χ0v) is 6.55. The van der Waals surface area contributed by atoms with E-state index in [-0.39, 0.29) is 0 Å². The van der Waals surface area contributed by atoms with Crippen LogP contribution in [0.5, 0.6) is 0 Å². The summed E-state index contributed by atoms with van der Waals surface area (Å²) in [7, 11) is 4.73. The molecule has 0 saturated carbocycles.